The van der Waals surface area contributed by atoms with Crippen LogP contribution in [0.3, 0.4) is 0 Å². The van der Waals surface area contributed by atoms with E-state index in [9.17, 15) is 19.5 Å². The third-order valence-electron chi connectivity index (χ3n) is 18.3. The number of likely N-dealkylation sites (N-methyl/N-ethyl adjacent to an activating group) is 1. The molecule has 6 fully saturated rings. The molecule has 0 spiro atoms. The molecule has 0 saturated carbocycles. The van der Waals surface area contributed by atoms with Gasteiger partial charge in [-0.05, 0) is 131 Å². The van der Waals surface area contributed by atoms with E-state index in [1.54, 1.807) is 34.6 Å². The van der Waals surface area contributed by atoms with Gasteiger partial charge < -0.3 is 49.3 Å². The molecular formula is C65H81FN12O7S. The first-order valence-corrected chi connectivity index (χ1v) is 31.6. The number of phenols is 1. The minimum Gasteiger partial charge on any atom is -0.508 e. The highest BCUT2D eigenvalue weighted by Crippen LogP contribution is 2.40. The van der Waals surface area contributed by atoms with Crippen molar-refractivity contribution in [3.63, 3.8) is 0 Å². The fourth-order valence-electron chi connectivity index (χ4n) is 13.7. The van der Waals surface area contributed by atoms with Gasteiger partial charge in [-0.25, -0.2) is 9.37 Å². The van der Waals surface area contributed by atoms with Crippen molar-refractivity contribution in [2.45, 2.75) is 135 Å². The summed E-state index contributed by atoms with van der Waals surface area (Å²) in [6.45, 7) is 18.3. The Labute approximate surface area is 506 Å². The van der Waals surface area contributed by atoms with Gasteiger partial charge in [-0.2, -0.15) is 9.97 Å². The molecule has 6 aliphatic rings. The molecule has 6 saturated heterocycles. The van der Waals surface area contributed by atoms with Gasteiger partial charge in [-0.15, -0.1) is 11.3 Å². The zero-order valence-electron chi connectivity index (χ0n) is 50.5. The molecule has 4 aromatic heterocycles. The highest BCUT2D eigenvalue weighted by molar-refractivity contribution is 7.13. The number of carbonyl (C=O) groups is 3. The largest absolute Gasteiger partial charge is 0.508 e. The molecule has 456 valence electrons. The van der Waals surface area contributed by atoms with Crippen LogP contribution in [0.25, 0.3) is 43.4 Å². The number of thiazole rings is 1. The number of fused-ring (bicyclic) bond motifs is 5. The van der Waals surface area contributed by atoms with E-state index in [0.29, 0.717) is 66.7 Å². The number of hydrogen-bond donors (Lipinski definition) is 3. The van der Waals surface area contributed by atoms with Gasteiger partial charge in [0.2, 0.25) is 11.8 Å². The van der Waals surface area contributed by atoms with Crippen LogP contribution in [0.15, 0.2) is 76.9 Å². The minimum atomic E-state index is -0.546. The Morgan fingerprint density at radius 3 is 2.40 bits per heavy atom. The van der Waals surface area contributed by atoms with Crippen molar-refractivity contribution >= 4 is 62.9 Å². The summed E-state index contributed by atoms with van der Waals surface area (Å²) in [5.74, 6) is 0.863. The number of likely N-dealkylation sites (tertiary alicyclic amines) is 1. The van der Waals surface area contributed by atoms with E-state index in [0.717, 1.165) is 115 Å². The minimum absolute atomic E-state index is 0.00437. The number of aromatic nitrogens is 5. The lowest BCUT2D eigenvalue weighted by molar-refractivity contribution is -0.141. The maximum atomic E-state index is 16.2. The first kappa shape index (κ1) is 60.4. The lowest BCUT2D eigenvalue weighted by Gasteiger charge is -2.34. The number of benzene rings is 3. The second-order valence-corrected chi connectivity index (χ2v) is 25.1. The number of nitrogens with one attached hydrogen (secondary N) is 2. The Balaban J connectivity index is 0.000000151. The maximum Gasteiger partial charge on any atom is 0.318 e. The van der Waals surface area contributed by atoms with Crippen LogP contribution in [0.1, 0.15) is 114 Å². The number of aromatic hydroxyl groups is 1. The Morgan fingerprint density at radius 2 is 1.69 bits per heavy atom. The van der Waals surface area contributed by atoms with Crippen LogP contribution in [0.4, 0.5) is 16.0 Å². The fourth-order valence-corrected chi connectivity index (χ4v) is 14.5. The lowest BCUT2D eigenvalue weighted by Crippen LogP contribution is -2.51. The zero-order chi connectivity index (χ0) is 60.2. The predicted molar refractivity (Wildman–Crippen MR) is 332 cm³/mol. The molecule has 86 heavy (non-hydrogen) atoms. The van der Waals surface area contributed by atoms with E-state index < -0.39 is 17.8 Å². The number of nitrogens with zero attached hydrogens (tertiary/aromatic N) is 10. The standard InChI is InChI=1S/C30H40N6O3S.C26H26FN5O2.C9H15NO2/c1-19(2)27(25-17-26(33-39-25)35-15-13-34(5)14-16-35)30(38)36-12-6-7-24(36)29(37)32-20(3)22-8-10-23(11-9-22)28-21(4)31-18-40-28;1-3-14-5-4-6-15-9-18(33)10-19(21(14)15)23-22(27)24-20(11-28-23)25(31-26(30-24)34-2)32-12-16-7-8-17(13-32)29-16;11-7-12-6-9-4-3-8-2-1-5-10(8)9/h8-11,17-20,24,27H,6-7,12-16H2,1-5H3,(H,32,37);4-6,9-11,16-17,29,33H,3,7-8,12-13H2,1-2H3;7-9H,1-6H2/t;;8?,9-/m..1/s1. The molecule has 13 rings (SSSR count). The summed E-state index contributed by atoms with van der Waals surface area (Å²) < 4.78 is 32.1. The molecular weight excluding hydrogens is 1110 g/mol. The Kier molecular flexibility index (Phi) is 18.8. The third-order valence-corrected chi connectivity index (χ3v) is 19.3. The van der Waals surface area contributed by atoms with Crippen LogP contribution in [-0.4, -0.2) is 167 Å². The number of piperazine rings is 2. The second-order valence-electron chi connectivity index (χ2n) is 24.2. The molecule has 19 nitrogen and oxygen atoms in total. The summed E-state index contributed by atoms with van der Waals surface area (Å²) in [5.41, 5.74) is 6.95. The van der Waals surface area contributed by atoms with Crippen molar-refractivity contribution in [1.82, 2.24) is 50.4 Å². The number of rotatable bonds is 15. The van der Waals surface area contributed by atoms with Crippen molar-refractivity contribution < 1.29 is 37.9 Å². The van der Waals surface area contributed by atoms with E-state index in [4.69, 9.17) is 14.0 Å². The van der Waals surface area contributed by atoms with Gasteiger partial charge in [0.15, 0.2) is 17.4 Å². The summed E-state index contributed by atoms with van der Waals surface area (Å²) in [7, 11) is 3.60. The first-order chi connectivity index (χ1) is 41.7. The van der Waals surface area contributed by atoms with Gasteiger partial charge in [0.1, 0.15) is 41.3 Å². The van der Waals surface area contributed by atoms with Crippen molar-refractivity contribution in [3.05, 3.63) is 101 Å². The zero-order valence-corrected chi connectivity index (χ0v) is 51.3. The number of phenolic OH excluding ortho intramolecular Hbond substituents is 1. The van der Waals surface area contributed by atoms with Crippen LogP contribution < -0.4 is 25.2 Å². The molecule has 0 radical (unpaired) electrons. The van der Waals surface area contributed by atoms with Gasteiger partial charge in [0, 0.05) is 87.8 Å². The van der Waals surface area contributed by atoms with Gasteiger partial charge in [0.05, 0.1) is 34.6 Å². The maximum absolute atomic E-state index is 16.2. The molecule has 2 amide bonds. The van der Waals surface area contributed by atoms with E-state index in [2.05, 4.69) is 81.4 Å². The van der Waals surface area contributed by atoms with Crippen molar-refractivity contribution in [2.75, 3.05) is 82.9 Å². The number of anilines is 2. The first-order valence-electron chi connectivity index (χ1n) is 30.7. The molecule has 3 N–H and O–H groups in total. The number of amides is 2. The number of halogens is 1. The summed E-state index contributed by atoms with van der Waals surface area (Å²) in [6, 6.07) is 20.9. The molecule has 2 bridgehead atoms. The lowest BCUT2D eigenvalue weighted by atomic mass is 9.91. The normalized spacial score (nSPS) is 21.9. The summed E-state index contributed by atoms with van der Waals surface area (Å²) in [5, 5.41) is 23.7. The number of hydrogen-bond acceptors (Lipinski definition) is 18. The van der Waals surface area contributed by atoms with Crippen molar-refractivity contribution in [3.8, 4) is 33.5 Å². The molecule has 21 heteroatoms. The average Bonchev–Trinajstić information content (AvgIpc) is 2.66. The van der Waals surface area contributed by atoms with E-state index in [-0.39, 0.29) is 46.7 Å². The summed E-state index contributed by atoms with van der Waals surface area (Å²) >= 11 is 1.63. The number of methoxy groups -OCH3 is 1. The highest BCUT2D eigenvalue weighted by atomic mass is 32.1. The monoisotopic (exact) mass is 1190 g/mol. The SMILES string of the molecule is CCc1cccc2cc(O)cc(-c3ncc4c(N5CC6CCC(C5)N6)nc(OC)nc4c3F)c12.Cc1ncsc1-c1ccc(C(C)NC(=O)C2CCCN2C(=O)C(c2cc(N3CCN(C)CC3)no2)C(C)C)cc1.O=COC[C@H]1CCC2CCCN21. The molecule has 7 atom stereocenters. The number of ether oxygens (including phenoxy) is 2. The van der Waals surface area contributed by atoms with E-state index >= 15 is 4.39 Å². The number of aryl methyl sites for hydroxylation is 2. The Hall–Kier alpha value is -7.33. The molecule has 7 aromatic rings. The van der Waals surface area contributed by atoms with Crippen LogP contribution in [0, 0.1) is 18.7 Å². The number of pyridine rings is 1. The molecule has 6 aliphatic heterocycles. The van der Waals surface area contributed by atoms with Crippen LogP contribution >= 0.6 is 11.3 Å². The molecule has 3 aromatic carbocycles. The van der Waals surface area contributed by atoms with Crippen molar-refractivity contribution in [2.24, 2.45) is 5.92 Å². The van der Waals surface area contributed by atoms with Gasteiger partial charge in [-0.3, -0.25) is 24.3 Å². The second kappa shape index (κ2) is 26.7. The fraction of sp³-hybridized carbons (Fsp3) is 0.508. The van der Waals surface area contributed by atoms with Crippen LogP contribution in [0.5, 0.6) is 11.8 Å². The predicted octanol–water partition coefficient (Wildman–Crippen LogP) is 9.45. The Bertz CT molecular complexity index is 3510. The van der Waals surface area contributed by atoms with Crippen LogP contribution in [-0.2, 0) is 25.5 Å². The highest BCUT2D eigenvalue weighted by Gasteiger charge is 2.41. The van der Waals surface area contributed by atoms with Crippen molar-refractivity contribution in [1.29, 1.82) is 0 Å². The van der Waals surface area contributed by atoms with Crippen LogP contribution in [0.2, 0.25) is 0 Å². The number of carbonyl (C=O) groups excluding carboxylic acids is 3. The topological polar surface area (TPSA) is 208 Å². The van der Waals surface area contributed by atoms with Gasteiger partial charge in [0.25, 0.3) is 6.47 Å². The van der Waals surface area contributed by atoms with E-state index in [1.165, 1.54) is 39.3 Å². The average molecular weight is 1190 g/mol. The Morgan fingerprint density at radius 1 is 0.919 bits per heavy atom. The van der Waals surface area contributed by atoms with E-state index in [1.807, 2.05) is 69.6 Å². The molecule has 6 unspecified atom stereocenters. The van der Waals surface area contributed by atoms with Gasteiger partial charge in [-0.1, -0.05) is 68.4 Å². The quantitative estimate of drug-likeness (QED) is 0.0817. The third kappa shape index (κ3) is 12.9. The smallest absolute Gasteiger partial charge is 0.318 e. The molecule has 0 aliphatic carbocycles. The summed E-state index contributed by atoms with van der Waals surface area (Å²) in [6.07, 6.45) is 11.3. The van der Waals surface area contributed by atoms with Gasteiger partial charge >= 0.3 is 6.01 Å². The molecule has 10 heterocycles. The summed E-state index contributed by atoms with van der Waals surface area (Å²) in [4.78, 5) is 67.3.